The number of nitrogens with zero attached hydrogens (tertiary/aromatic N) is 3. The molecule has 0 fully saturated rings. The molecule has 1 N–H and O–H groups in total. The Hall–Kier alpha value is -1.94. The Kier molecular flexibility index (Phi) is 2.11. The topological polar surface area (TPSA) is 42.7 Å². The highest BCUT2D eigenvalue weighted by atomic mass is 15.1. The van der Waals surface area contributed by atoms with Gasteiger partial charge in [0.05, 0.1) is 23.8 Å². The highest BCUT2D eigenvalue weighted by molar-refractivity contribution is 6.02. The van der Waals surface area contributed by atoms with E-state index in [9.17, 15) is 0 Å². The SMILES string of the molecule is c1ccc2c(c1)ncc1nc3n(c12)CCCNC3. The van der Waals surface area contributed by atoms with Crippen LogP contribution in [-0.2, 0) is 13.1 Å². The van der Waals surface area contributed by atoms with Crippen LogP contribution < -0.4 is 5.32 Å². The molecule has 0 unspecified atom stereocenters. The zero-order chi connectivity index (χ0) is 11.9. The van der Waals surface area contributed by atoms with Gasteiger partial charge >= 0.3 is 0 Å². The van der Waals surface area contributed by atoms with Gasteiger partial charge < -0.3 is 9.88 Å². The third-order valence-corrected chi connectivity index (χ3v) is 3.58. The van der Waals surface area contributed by atoms with Gasteiger partial charge in [-0.1, -0.05) is 18.2 Å². The Bertz CT molecular complexity index is 729. The van der Waals surface area contributed by atoms with Crippen molar-refractivity contribution >= 4 is 21.9 Å². The lowest BCUT2D eigenvalue weighted by Gasteiger charge is -2.05. The summed E-state index contributed by atoms with van der Waals surface area (Å²) in [5, 5.41) is 4.61. The zero-order valence-electron chi connectivity index (χ0n) is 10.1. The number of nitrogens with one attached hydrogen (secondary N) is 1. The smallest absolute Gasteiger partial charge is 0.123 e. The molecule has 0 spiro atoms. The molecular formula is C14H14N4. The second-order valence-electron chi connectivity index (χ2n) is 4.72. The van der Waals surface area contributed by atoms with E-state index in [1.807, 2.05) is 12.3 Å². The molecule has 2 aromatic heterocycles. The van der Waals surface area contributed by atoms with Crippen LogP contribution in [0.1, 0.15) is 12.2 Å². The number of rotatable bonds is 0. The zero-order valence-corrected chi connectivity index (χ0v) is 10.1. The minimum absolute atomic E-state index is 0.850. The molecule has 0 radical (unpaired) electrons. The highest BCUT2D eigenvalue weighted by Crippen LogP contribution is 2.25. The van der Waals surface area contributed by atoms with Gasteiger partial charge in [-0.25, -0.2) is 4.98 Å². The molecule has 18 heavy (non-hydrogen) atoms. The largest absolute Gasteiger partial charge is 0.326 e. The van der Waals surface area contributed by atoms with Gasteiger partial charge in [-0.15, -0.1) is 0 Å². The third-order valence-electron chi connectivity index (χ3n) is 3.58. The number of aromatic nitrogens is 3. The standard InChI is InChI=1S/C14H14N4/c1-2-5-11-10(4-1)14-12(8-16-11)17-13-9-15-6-3-7-18(13)14/h1-2,4-5,8,15H,3,6-7,9H2. The summed E-state index contributed by atoms with van der Waals surface area (Å²) >= 11 is 0. The Morgan fingerprint density at radius 2 is 2.11 bits per heavy atom. The van der Waals surface area contributed by atoms with Gasteiger partial charge in [0.1, 0.15) is 11.3 Å². The molecule has 0 atom stereocenters. The Morgan fingerprint density at radius 3 is 3.11 bits per heavy atom. The van der Waals surface area contributed by atoms with Crippen LogP contribution in [0.15, 0.2) is 30.5 Å². The van der Waals surface area contributed by atoms with E-state index >= 15 is 0 Å². The quantitative estimate of drug-likeness (QED) is 0.652. The van der Waals surface area contributed by atoms with Crippen molar-refractivity contribution in [2.45, 2.75) is 19.5 Å². The second kappa shape index (κ2) is 3.78. The molecule has 4 nitrogen and oxygen atoms in total. The fourth-order valence-corrected chi connectivity index (χ4v) is 2.75. The summed E-state index contributed by atoms with van der Waals surface area (Å²) in [5.41, 5.74) is 3.29. The molecule has 0 bridgehead atoms. The van der Waals surface area contributed by atoms with Crippen molar-refractivity contribution in [1.82, 2.24) is 19.9 Å². The summed E-state index contributed by atoms with van der Waals surface area (Å²) in [4.78, 5) is 9.18. The predicted octanol–water partition coefficient (Wildman–Crippen LogP) is 2.08. The van der Waals surface area contributed by atoms with Gasteiger partial charge in [0.25, 0.3) is 0 Å². The van der Waals surface area contributed by atoms with E-state index in [4.69, 9.17) is 4.98 Å². The normalized spacial score (nSPS) is 15.8. The van der Waals surface area contributed by atoms with Crippen LogP contribution in [-0.4, -0.2) is 21.1 Å². The summed E-state index contributed by atoms with van der Waals surface area (Å²) in [6.07, 6.45) is 3.04. The lowest BCUT2D eigenvalue weighted by atomic mass is 10.2. The van der Waals surface area contributed by atoms with Crippen LogP contribution in [0.4, 0.5) is 0 Å². The summed E-state index contributed by atoms with van der Waals surface area (Å²) in [6, 6.07) is 8.29. The maximum absolute atomic E-state index is 4.70. The maximum atomic E-state index is 4.70. The lowest BCUT2D eigenvalue weighted by molar-refractivity contribution is 0.654. The van der Waals surface area contributed by atoms with Crippen molar-refractivity contribution in [3.05, 3.63) is 36.3 Å². The number of para-hydroxylation sites is 1. The van der Waals surface area contributed by atoms with E-state index in [1.54, 1.807) is 0 Å². The van der Waals surface area contributed by atoms with E-state index in [0.717, 1.165) is 42.9 Å². The Morgan fingerprint density at radius 1 is 1.17 bits per heavy atom. The molecular weight excluding hydrogens is 224 g/mol. The molecule has 3 heterocycles. The first kappa shape index (κ1) is 10.0. The molecule has 0 saturated carbocycles. The number of aryl methyl sites for hydroxylation is 1. The number of hydrogen-bond acceptors (Lipinski definition) is 3. The molecule has 4 rings (SSSR count). The molecule has 1 aromatic carbocycles. The van der Waals surface area contributed by atoms with Gasteiger partial charge in [-0.05, 0) is 19.0 Å². The van der Waals surface area contributed by atoms with Crippen molar-refractivity contribution in [2.75, 3.05) is 6.54 Å². The Labute approximate surface area is 105 Å². The van der Waals surface area contributed by atoms with Crippen LogP contribution in [0.2, 0.25) is 0 Å². The molecule has 1 aliphatic rings. The fraction of sp³-hybridized carbons (Fsp3) is 0.286. The highest BCUT2D eigenvalue weighted by Gasteiger charge is 2.15. The summed E-state index contributed by atoms with van der Waals surface area (Å²) < 4.78 is 2.35. The second-order valence-corrected chi connectivity index (χ2v) is 4.72. The first-order valence-electron chi connectivity index (χ1n) is 6.37. The number of hydrogen-bond donors (Lipinski definition) is 1. The number of benzene rings is 1. The van der Waals surface area contributed by atoms with E-state index in [0.29, 0.717) is 0 Å². The molecule has 1 aliphatic heterocycles. The molecule has 0 aliphatic carbocycles. The van der Waals surface area contributed by atoms with Gasteiger partial charge in [-0.2, -0.15) is 0 Å². The van der Waals surface area contributed by atoms with Crippen molar-refractivity contribution in [2.24, 2.45) is 0 Å². The summed E-state index contributed by atoms with van der Waals surface area (Å²) in [5.74, 6) is 1.13. The van der Waals surface area contributed by atoms with E-state index in [-0.39, 0.29) is 0 Å². The average molecular weight is 238 g/mol. The van der Waals surface area contributed by atoms with Gasteiger partial charge in [0, 0.05) is 11.9 Å². The van der Waals surface area contributed by atoms with Crippen LogP contribution in [0.3, 0.4) is 0 Å². The van der Waals surface area contributed by atoms with Gasteiger partial charge in [-0.3, -0.25) is 4.98 Å². The molecule has 3 aromatic rings. The number of fused-ring (bicyclic) bond motifs is 5. The van der Waals surface area contributed by atoms with Crippen molar-refractivity contribution in [1.29, 1.82) is 0 Å². The fourth-order valence-electron chi connectivity index (χ4n) is 2.75. The first-order chi connectivity index (χ1) is 8.93. The van der Waals surface area contributed by atoms with Crippen molar-refractivity contribution in [3.63, 3.8) is 0 Å². The third kappa shape index (κ3) is 1.36. The average Bonchev–Trinajstić information content (AvgIpc) is 2.61. The Balaban J connectivity index is 2.13. The van der Waals surface area contributed by atoms with Crippen LogP contribution in [0.25, 0.3) is 21.9 Å². The monoisotopic (exact) mass is 238 g/mol. The molecule has 0 saturated heterocycles. The minimum Gasteiger partial charge on any atom is -0.326 e. The van der Waals surface area contributed by atoms with E-state index < -0.39 is 0 Å². The number of imidazole rings is 1. The van der Waals surface area contributed by atoms with Crippen molar-refractivity contribution in [3.8, 4) is 0 Å². The van der Waals surface area contributed by atoms with Gasteiger partial charge in [0.2, 0.25) is 0 Å². The van der Waals surface area contributed by atoms with Crippen LogP contribution >= 0.6 is 0 Å². The van der Waals surface area contributed by atoms with Crippen LogP contribution in [0.5, 0.6) is 0 Å². The van der Waals surface area contributed by atoms with Crippen molar-refractivity contribution < 1.29 is 0 Å². The predicted molar refractivity (Wildman–Crippen MR) is 71.4 cm³/mol. The molecule has 90 valence electrons. The summed E-state index contributed by atoms with van der Waals surface area (Å²) in [6.45, 7) is 2.95. The van der Waals surface area contributed by atoms with Crippen LogP contribution in [0, 0.1) is 0 Å². The number of pyridine rings is 1. The van der Waals surface area contributed by atoms with E-state index in [2.05, 4.69) is 33.1 Å². The van der Waals surface area contributed by atoms with E-state index in [1.165, 1.54) is 10.9 Å². The maximum Gasteiger partial charge on any atom is 0.123 e. The first-order valence-corrected chi connectivity index (χ1v) is 6.37. The minimum atomic E-state index is 0.850. The van der Waals surface area contributed by atoms with Gasteiger partial charge in [0.15, 0.2) is 0 Å². The molecule has 4 heteroatoms. The lowest BCUT2D eigenvalue weighted by Crippen LogP contribution is -2.12. The summed E-state index contributed by atoms with van der Waals surface area (Å²) in [7, 11) is 0. The molecule has 0 amide bonds.